The molecule has 1 atom stereocenters. The lowest BCUT2D eigenvalue weighted by atomic mass is 10.1. The molecule has 1 aromatic carbocycles. The molecule has 1 aromatic heterocycles. The second-order valence-corrected chi connectivity index (χ2v) is 5.01. The van der Waals surface area contributed by atoms with Gasteiger partial charge in [0.1, 0.15) is 5.82 Å². The van der Waals surface area contributed by atoms with Gasteiger partial charge in [-0.15, -0.1) is 0 Å². The zero-order valence-electron chi connectivity index (χ0n) is 10.0. The summed E-state index contributed by atoms with van der Waals surface area (Å²) < 4.78 is 13.1. The van der Waals surface area contributed by atoms with Crippen LogP contribution in [0.15, 0.2) is 35.0 Å². The number of thiophene rings is 1. The molecule has 17 heavy (non-hydrogen) atoms. The number of nitrogens with one attached hydrogen (secondary N) is 1. The van der Waals surface area contributed by atoms with Gasteiger partial charge in [0.05, 0.1) is 0 Å². The van der Waals surface area contributed by atoms with Crippen LogP contribution in [0.2, 0.25) is 0 Å². The van der Waals surface area contributed by atoms with E-state index in [4.69, 9.17) is 0 Å². The fourth-order valence-corrected chi connectivity index (χ4v) is 2.49. The van der Waals surface area contributed by atoms with Crippen LogP contribution in [0, 0.1) is 12.7 Å². The van der Waals surface area contributed by atoms with E-state index in [-0.39, 0.29) is 5.82 Å². The molecule has 0 amide bonds. The van der Waals surface area contributed by atoms with Crippen LogP contribution in [-0.2, 0) is 6.54 Å². The third-order valence-electron chi connectivity index (χ3n) is 2.95. The van der Waals surface area contributed by atoms with Crippen LogP contribution in [-0.4, -0.2) is 0 Å². The lowest BCUT2D eigenvalue weighted by molar-refractivity contribution is 0.569. The van der Waals surface area contributed by atoms with Crippen LogP contribution in [0.4, 0.5) is 4.39 Å². The number of hydrogen-bond donors (Lipinski definition) is 1. The van der Waals surface area contributed by atoms with E-state index in [0.717, 1.165) is 11.1 Å². The number of aryl methyl sites for hydroxylation is 1. The molecular weight excluding hydrogens is 233 g/mol. The number of benzene rings is 1. The molecular formula is C14H16FNS. The smallest absolute Gasteiger partial charge is 0.123 e. The van der Waals surface area contributed by atoms with E-state index in [2.05, 4.69) is 29.1 Å². The van der Waals surface area contributed by atoms with Crippen molar-refractivity contribution < 1.29 is 4.39 Å². The van der Waals surface area contributed by atoms with E-state index >= 15 is 0 Å². The summed E-state index contributed by atoms with van der Waals surface area (Å²) in [7, 11) is 0. The highest BCUT2D eigenvalue weighted by Gasteiger charge is 2.06. The molecule has 0 spiro atoms. The Morgan fingerprint density at radius 3 is 2.88 bits per heavy atom. The lowest BCUT2D eigenvalue weighted by Gasteiger charge is -2.14. The standard InChI is InChI=1S/C14H16FNS/c1-10-3-4-14(15)7-13(10)8-16-11(2)12-5-6-17-9-12/h3-7,9,11,16H,8H2,1-2H3. The first-order valence-electron chi connectivity index (χ1n) is 5.67. The van der Waals surface area contributed by atoms with E-state index in [1.807, 2.05) is 13.0 Å². The Hall–Kier alpha value is -1.19. The maximum atomic E-state index is 13.1. The highest BCUT2D eigenvalue weighted by atomic mass is 32.1. The fourth-order valence-electron chi connectivity index (χ4n) is 1.73. The average Bonchev–Trinajstić information content (AvgIpc) is 2.83. The Kier molecular flexibility index (Phi) is 3.92. The zero-order chi connectivity index (χ0) is 12.3. The summed E-state index contributed by atoms with van der Waals surface area (Å²) in [5.74, 6) is -0.171. The molecule has 2 rings (SSSR count). The van der Waals surface area contributed by atoms with Gasteiger partial charge in [-0.2, -0.15) is 11.3 Å². The maximum Gasteiger partial charge on any atom is 0.123 e. The fraction of sp³-hybridized carbons (Fsp3) is 0.286. The minimum absolute atomic E-state index is 0.171. The molecule has 2 aromatic rings. The van der Waals surface area contributed by atoms with Gasteiger partial charge in [0.25, 0.3) is 0 Å². The monoisotopic (exact) mass is 249 g/mol. The molecule has 0 saturated carbocycles. The quantitative estimate of drug-likeness (QED) is 0.862. The van der Waals surface area contributed by atoms with E-state index in [1.165, 1.54) is 11.6 Å². The summed E-state index contributed by atoms with van der Waals surface area (Å²) in [6.45, 7) is 4.82. The van der Waals surface area contributed by atoms with Crippen molar-refractivity contribution in [3.63, 3.8) is 0 Å². The summed E-state index contributed by atoms with van der Waals surface area (Å²) in [6.07, 6.45) is 0. The maximum absolute atomic E-state index is 13.1. The van der Waals surface area contributed by atoms with Crippen molar-refractivity contribution in [3.8, 4) is 0 Å². The summed E-state index contributed by atoms with van der Waals surface area (Å²) in [6, 6.07) is 7.33. The van der Waals surface area contributed by atoms with Crippen LogP contribution in [0.25, 0.3) is 0 Å². The van der Waals surface area contributed by atoms with Crippen molar-refractivity contribution >= 4 is 11.3 Å². The van der Waals surface area contributed by atoms with Crippen LogP contribution < -0.4 is 5.32 Å². The number of rotatable bonds is 4. The third kappa shape index (κ3) is 3.14. The minimum atomic E-state index is -0.171. The second kappa shape index (κ2) is 5.43. The first kappa shape index (κ1) is 12.3. The molecule has 0 saturated heterocycles. The van der Waals surface area contributed by atoms with E-state index in [9.17, 15) is 4.39 Å². The summed E-state index contributed by atoms with van der Waals surface area (Å²) >= 11 is 1.70. The normalized spacial score (nSPS) is 12.6. The van der Waals surface area contributed by atoms with Crippen LogP contribution in [0.1, 0.15) is 29.7 Å². The Morgan fingerprint density at radius 1 is 1.35 bits per heavy atom. The van der Waals surface area contributed by atoms with Gasteiger partial charge in [-0.3, -0.25) is 0 Å². The largest absolute Gasteiger partial charge is 0.306 e. The van der Waals surface area contributed by atoms with Gasteiger partial charge in [-0.1, -0.05) is 6.07 Å². The number of halogens is 1. The molecule has 0 fully saturated rings. The number of hydrogen-bond acceptors (Lipinski definition) is 2. The van der Waals surface area contributed by atoms with Gasteiger partial charge in [-0.25, -0.2) is 4.39 Å². The molecule has 0 aliphatic heterocycles. The topological polar surface area (TPSA) is 12.0 Å². The van der Waals surface area contributed by atoms with Crippen molar-refractivity contribution in [1.82, 2.24) is 5.32 Å². The lowest BCUT2D eigenvalue weighted by Crippen LogP contribution is -2.18. The van der Waals surface area contributed by atoms with Gasteiger partial charge >= 0.3 is 0 Å². The SMILES string of the molecule is Cc1ccc(F)cc1CNC(C)c1ccsc1. The molecule has 0 bridgehead atoms. The van der Waals surface area contributed by atoms with Crippen molar-refractivity contribution in [2.24, 2.45) is 0 Å². The van der Waals surface area contributed by atoms with Gasteiger partial charge in [0.2, 0.25) is 0 Å². The van der Waals surface area contributed by atoms with Crippen LogP contribution >= 0.6 is 11.3 Å². The molecule has 1 heterocycles. The highest BCUT2D eigenvalue weighted by molar-refractivity contribution is 7.07. The Balaban J connectivity index is 2.00. The van der Waals surface area contributed by atoms with E-state index < -0.39 is 0 Å². The van der Waals surface area contributed by atoms with E-state index in [1.54, 1.807) is 17.4 Å². The Labute approximate surface area is 105 Å². The predicted octanol–water partition coefficient (Wildman–Crippen LogP) is 4.05. The van der Waals surface area contributed by atoms with Crippen LogP contribution in [0.3, 0.4) is 0 Å². The van der Waals surface area contributed by atoms with Crippen LogP contribution in [0.5, 0.6) is 0 Å². The Morgan fingerprint density at radius 2 is 2.18 bits per heavy atom. The molecule has 1 nitrogen and oxygen atoms in total. The van der Waals surface area contributed by atoms with Gasteiger partial charge < -0.3 is 5.32 Å². The molecule has 0 aliphatic rings. The summed E-state index contributed by atoms with van der Waals surface area (Å²) in [5.41, 5.74) is 3.42. The molecule has 0 aliphatic carbocycles. The van der Waals surface area contributed by atoms with Gasteiger partial charge in [0, 0.05) is 12.6 Å². The van der Waals surface area contributed by atoms with Crippen molar-refractivity contribution in [1.29, 1.82) is 0 Å². The summed E-state index contributed by atoms with van der Waals surface area (Å²) in [4.78, 5) is 0. The van der Waals surface area contributed by atoms with Crippen molar-refractivity contribution in [2.75, 3.05) is 0 Å². The van der Waals surface area contributed by atoms with E-state index in [0.29, 0.717) is 12.6 Å². The third-order valence-corrected chi connectivity index (χ3v) is 3.65. The Bertz CT molecular complexity index is 479. The molecule has 1 N–H and O–H groups in total. The minimum Gasteiger partial charge on any atom is -0.306 e. The van der Waals surface area contributed by atoms with Gasteiger partial charge in [0.15, 0.2) is 0 Å². The zero-order valence-corrected chi connectivity index (χ0v) is 10.9. The highest BCUT2D eigenvalue weighted by Crippen LogP contribution is 2.17. The van der Waals surface area contributed by atoms with Crippen molar-refractivity contribution in [3.05, 3.63) is 57.5 Å². The summed E-state index contributed by atoms with van der Waals surface area (Å²) in [5, 5.41) is 7.61. The second-order valence-electron chi connectivity index (χ2n) is 4.23. The molecule has 90 valence electrons. The predicted molar refractivity (Wildman–Crippen MR) is 70.7 cm³/mol. The van der Waals surface area contributed by atoms with Gasteiger partial charge in [-0.05, 0) is 59.5 Å². The molecule has 3 heteroatoms. The first-order chi connectivity index (χ1) is 8.16. The molecule has 1 unspecified atom stereocenters. The van der Waals surface area contributed by atoms with Crippen molar-refractivity contribution in [2.45, 2.75) is 26.4 Å². The average molecular weight is 249 g/mol. The first-order valence-corrected chi connectivity index (χ1v) is 6.61. The molecule has 0 radical (unpaired) electrons.